The van der Waals surface area contributed by atoms with E-state index in [-0.39, 0.29) is 17.1 Å². The molecule has 2 aromatic carbocycles. The van der Waals surface area contributed by atoms with Crippen molar-refractivity contribution in [2.45, 2.75) is 33.1 Å². The SMILES string of the molecule is Cc1c(NC(=O)c2cccc(C(C)(C)C)c2)cnn1-c1ccccc1F. The van der Waals surface area contributed by atoms with E-state index in [9.17, 15) is 9.18 Å². The summed E-state index contributed by atoms with van der Waals surface area (Å²) in [5.41, 5.74) is 3.19. The highest BCUT2D eigenvalue weighted by Crippen LogP contribution is 2.24. The summed E-state index contributed by atoms with van der Waals surface area (Å²) in [4.78, 5) is 12.6. The van der Waals surface area contributed by atoms with Crippen LogP contribution in [0.25, 0.3) is 5.69 Å². The summed E-state index contributed by atoms with van der Waals surface area (Å²) in [7, 11) is 0. The third kappa shape index (κ3) is 3.52. The molecule has 0 unspecified atom stereocenters. The zero-order valence-corrected chi connectivity index (χ0v) is 15.4. The van der Waals surface area contributed by atoms with E-state index >= 15 is 0 Å². The van der Waals surface area contributed by atoms with Gasteiger partial charge in [-0.3, -0.25) is 4.79 Å². The van der Waals surface area contributed by atoms with Crippen LogP contribution >= 0.6 is 0 Å². The zero-order valence-electron chi connectivity index (χ0n) is 15.4. The molecule has 1 amide bonds. The Bertz CT molecular complexity index is 954. The number of rotatable bonds is 3. The second-order valence-electron chi connectivity index (χ2n) is 7.29. The predicted molar refractivity (Wildman–Crippen MR) is 101 cm³/mol. The summed E-state index contributed by atoms with van der Waals surface area (Å²) in [5, 5.41) is 7.08. The minimum atomic E-state index is -0.366. The van der Waals surface area contributed by atoms with Crippen LogP contribution in [0.4, 0.5) is 10.1 Å². The Kier molecular flexibility index (Phi) is 4.64. The first kappa shape index (κ1) is 17.9. The van der Waals surface area contributed by atoms with Gasteiger partial charge in [0.2, 0.25) is 0 Å². The fourth-order valence-electron chi connectivity index (χ4n) is 2.72. The Morgan fingerprint density at radius 1 is 1.12 bits per heavy atom. The van der Waals surface area contributed by atoms with Gasteiger partial charge < -0.3 is 5.32 Å². The highest BCUT2D eigenvalue weighted by atomic mass is 19.1. The van der Waals surface area contributed by atoms with Crippen molar-refractivity contribution in [3.8, 4) is 5.69 Å². The van der Waals surface area contributed by atoms with Crippen LogP contribution < -0.4 is 5.32 Å². The highest BCUT2D eigenvalue weighted by Gasteiger charge is 2.17. The van der Waals surface area contributed by atoms with Gasteiger partial charge in [0.05, 0.1) is 17.6 Å². The summed E-state index contributed by atoms with van der Waals surface area (Å²) in [6.45, 7) is 8.10. The van der Waals surface area contributed by atoms with E-state index in [1.165, 1.54) is 16.9 Å². The van der Waals surface area contributed by atoms with Crippen molar-refractivity contribution in [2.24, 2.45) is 0 Å². The number of anilines is 1. The maximum Gasteiger partial charge on any atom is 0.255 e. The topological polar surface area (TPSA) is 46.9 Å². The summed E-state index contributed by atoms with van der Waals surface area (Å²) in [5.74, 6) is -0.582. The van der Waals surface area contributed by atoms with Gasteiger partial charge in [0.25, 0.3) is 5.91 Å². The van der Waals surface area contributed by atoms with Crippen LogP contribution in [0, 0.1) is 12.7 Å². The normalized spacial score (nSPS) is 11.4. The molecule has 0 radical (unpaired) electrons. The summed E-state index contributed by atoms with van der Waals surface area (Å²) in [6.07, 6.45) is 1.54. The molecule has 0 saturated carbocycles. The number of amides is 1. The molecule has 0 aliphatic rings. The van der Waals surface area contributed by atoms with Gasteiger partial charge in [-0.05, 0) is 42.2 Å². The average molecular weight is 351 g/mol. The van der Waals surface area contributed by atoms with Gasteiger partial charge in [-0.1, -0.05) is 45.0 Å². The molecule has 3 rings (SSSR count). The van der Waals surface area contributed by atoms with Gasteiger partial charge in [0.1, 0.15) is 11.5 Å². The molecule has 134 valence electrons. The molecule has 1 heterocycles. The van der Waals surface area contributed by atoms with E-state index < -0.39 is 0 Å². The first-order valence-corrected chi connectivity index (χ1v) is 8.49. The second kappa shape index (κ2) is 6.75. The number of nitrogens with zero attached hydrogens (tertiary/aromatic N) is 2. The van der Waals surface area contributed by atoms with Crippen LogP contribution in [-0.4, -0.2) is 15.7 Å². The molecule has 0 bridgehead atoms. The number of carbonyl (C=O) groups is 1. The monoisotopic (exact) mass is 351 g/mol. The number of benzene rings is 2. The van der Waals surface area contributed by atoms with Gasteiger partial charge in [-0.25, -0.2) is 9.07 Å². The highest BCUT2D eigenvalue weighted by molar-refractivity contribution is 6.04. The van der Waals surface area contributed by atoms with Crippen LogP contribution in [-0.2, 0) is 5.41 Å². The van der Waals surface area contributed by atoms with Crippen molar-refractivity contribution in [3.05, 3.63) is 77.4 Å². The number of hydrogen-bond acceptors (Lipinski definition) is 2. The number of para-hydroxylation sites is 1. The molecule has 0 saturated heterocycles. The standard InChI is InChI=1S/C21H22FN3O/c1-14-18(13-23-25(14)19-11-6-5-10-17(19)22)24-20(26)15-8-7-9-16(12-15)21(2,3)4/h5-13H,1-4H3,(H,24,26). The van der Waals surface area contributed by atoms with Crippen LogP contribution in [0.15, 0.2) is 54.7 Å². The number of hydrogen-bond donors (Lipinski definition) is 1. The van der Waals surface area contributed by atoms with Gasteiger partial charge in [-0.2, -0.15) is 5.10 Å². The molecule has 0 fully saturated rings. The lowest BCUT2D eigenvalue weighted by Gasteiger charge is -2.19. The third-order valence-corrected chi connectivity index (χ3v) is 4.33. The van der Waals surface area contributed by atoms with Gasteiger partial charge in [0, 0.05) is 5.56 Å². The van der Waals surface area contributed by atoms with Crippen LogP contribution in [0.3, 0.4) is 0 Å². The third-order valence-electron chi connectivity index (χ3n) is 4.33. The Labute approximate surface area is 152 Å². The molecular weight excluding hydrogens is 329 g/mol. The first-order valence-electron chi connectivity index (χ1n) is 8.49. The maximum absolute atomic E-state index is 14.0. The lowest BCUT2D eigenvalue weighted by atomic mass is 9.86. The van der Waals surface area contributed by atoms with Crippen LogP contribution in [0.1, 0.15) is 42.4 Å². The molecule has 0 atom stereocenters. The maximum atomic E-state index is 14.0. The first-order chi connectivity index (χ1) is 12.3. The van der Waals surface area contributed by atoms with Crippen LogP contribution in [0.5, 0.6) is 0 Å². The van der Waals surface area contributed by atoms with E-state index in [2.05, 4.69) is 31.2 Å². The Balaban J connectivity index is 1.87. The lowest BCUT2D eigenvalue weighted by Crippen LogP contribution is -2.16. The van der Waals surface area contributed by atoms with Gasteiger partial charge in [-0.15, -0.1) is 0 Å². The quantitative estimate of drug-likeness (QED) is 0.732. The predicted octanol–water partition coefficient (Wildman–Crippen LogP) is 4.87. The van der Waals surface area contributed by atoms with E-state index in [0.29, 0.717) is 22.6 Å². The zero-order chi connectivity index (χ0) is 18.9. The largest absolute Gasteiger partial charge is 0.319 e. The van der Waals surface area contributed by atoms with Crippen molar-refractivity contribution in [2.75, 3.05) is 5.32 Å². The Morgan fingerprint density at radius 3 is 2.54 bits per heavy atom. The molecule has 1 N–H and O–H groups in total. The number of carbonyl (C=O) groups excluding carboxylic acids is 1. The van der Waals surface area contributed by atoms with E-state index in [4.69, 9.17) is 0 Å². The number of halogens is 1. The molecule has 0 aliphatic carbocycles. The Hall–Kier alpha value is -2.95. The minimum Gasteiger partial charge on any atom is -0.319 e. The van der Waals surface area contributed by atoms with Crippen LogP contribution in [0.2, 0.25) is 0 Å². The summed E-state index contributed by atoms with van der Waals surface area (Å²) < 4.78 is 15.5. The number of aromatic nitrogens is 2. The smallest absolute Gasteiger partial charge is 0.255 e. The number of nitrogens with one attached hydrogen (secondary N) is 1. The summed E-state index contributed by atoms with van der Waals surface area (Å²) in [6, 6.07) is 14.0. The van der Waals surface area contributed by atoms with E-state index in [1.54, 1.807) is 31.2 Å². The molecule has 5 heteroatoms. The molecule has 1 aromatic heterocycles. The molecule has 0 spiro atoms. The fourth-order valence-corrected chi connectivity index (χ4v) is 2.72. The average Bonchev–Trinajstić information content (AvgIpc) is 2.95. The van der Waals surface area contributed by atoms with Crippen molar-refractivity contribution >= 4 is 11.6 Å². The minimum absolute atomic E-state index is 0.0398. The molecule has 4 nitrogen and oxygen atoms in total. The summed E-state index contributed by atoms with van der Waals surface area (Å²) >= 11 is 0. The lowest BCUT2D eigenvalue weighted by molar-refractivity contribution is 0.102. The fraction of sp³-hybridized carbons (Fsp3) is 0.238. The molecule has 3 aromatic rings. The van der Waals surface area contributed by atoms with Gasteiger partial charge >= 0.3 is 0 Å². The molecular formula is C21H22FN3O. The van der Waals surface area contributed by atoms with E-state index in [1.807, 2.05) is 18.2 Å². The van der Waals surface area contributed by atoms with Crippen molar-refractivity contribution in [3.63, 3.8) is 0 Å². The molecule has 26 heavy (non-hydrogen) atoms. The van der Waals surface area contributed by atoms with Crippen molar-refractivity contribution in [1.82, 2.24) is 9.78 Å². The van der Waals surface area contributed by atoms with Crippen molar-refractivity contribution < 1.29 is 9.18 Å². The Morgan fingerprint density at radius 2 is 1.85 bits per heavy atom. The second-order valence-corrected chi connectivity index (χ2v) is 7.29. The van der Waals surface area contributed by atoms with Crippen molar-refractivity contribution in [1.29, 1.82) is 0 Å². The molecule has 0 aliphatic heterocycles. The van der Waals surface area contributed by atoms with E-state index in [0.717, 1.165) is 5.56 Å². The van der Waals surface area contributed by atoms with Gasteiger partial charge in [0.15, 0.2) is 0 Å².